The van der Waals surface area contributed by atoms with Crippen molar-refractivity contribution in [2.24, 2.45) is 0 Å². The second-order valence-corrected chi connectivity index (χ2v) is 6.57. The lowest BCUT2D eigenvalue weighted by molar-refractivity contribution is -0.113. The van der Waals surface area contributed by atoms with Gasteiger partial charge in [0.05, 0.1) is 19.8 Å². The van der Waals surface area contributed by atoms with Crippen LogP contribution in [0.5, 0.6) is 0 Å². The number of aliphatic hydroxyl groups is 3. The average molecular weight is 370 g/mol. The van der Waals surface area contributed by atoms with Crippen molar-refractivity contribution >= 4 is 0 Å². The van der Waals surface area contributed by atoms with E-state index in [0.29, 0.717) is 12.1 Å². The van der Waals surface area contributed by atoms with E-state index in [2.05, 4.69) is 11.9 Å². The van der Waals surface area contributed by atoms with Crippen LogP contribution in [0.4, 0.5) is 0 Å². The minimum Gasteiger partial charge on any atom is -0.394 e. The maximum Gasteiger partial charge on any atom is 0.274 e. The summed E-state index contributed by atoms with van der Waals surface area (Å²) >= 11 is 0. The monoisotopic (exact) mass is 370 g/mol. The standard InChI is InChI=1S/C19H34N2O5/c1-2-3-4-5-6-7-8-9-10-17-19(25)21(12-11-20-17)18(15-24)26-16(13-22)14-23/h11-12,16,18,22-24H,2-10,13-15H2,1H3/t18-/m1/s1. The second kappa shape index (κ2) is 13.9. The molecule has 0 fully saturated rings. The first-order chi connectivity index (χ1) is 12.7. The van der Waals surface area contributed by atoms with Gasteiger partial charge < -0.3 is 20.1 Å². The molecule has 26 heavy (non-hydrogen) atoms. The quantitative estimate of drug-likeness (QED) is 0.407. The van der Waals surface area contributed by atoms with Crippen LogP contribution in [-0.4, -0.2) is 50.8 Å². The molecule has 1 aromatic rings. The molecule has 3 N–H and O–H groups in total. The summed E-state index contributed by atoms with van der Waals surface area (Å²) in [7, 11) is 0. The van der Waals surface area contributed by atoms with Gasteiger partial charge in [-0.3, -0.25) is 14.3 Å². The minimum absolute atomic E-state index is 0.302. The number of hydrogen-bond acceptors (Lipinski definition) is 6. The molecule has 0 aliphatic rings. The highest BCUT2D eigenvalue weighted by molar-refractivity contribution is 4.99. The molecule has 0 unspecified atom stereocenters. The molecule has 0 saturated carbocycles. The van der Waals surface area contributed by atoms with Gasteiger partial charge in [-0.25, -0.2) is 0 Å². The summed E-state index contributed by atoms with van der Waals surface area (Å²) in [6.45, 7) is 0.993. The van der Waals surface area contributed by atoms with Crippen molar-refractivity contribution in [1.82, 2.24) is 9.55 Å². The second-order valence-electron chi connectivity index (χ2n) is 6.57. The molecular formula is C19H34N2O5. The third kappa shape index (κ3) is 7.95. The van der Waals surface area contributed by atoms with Crippen molar-refractivity contribution in [3.8, 4) is 0 Å². The molecule has 0 aliphatic heterocycles. The van der Waals surface area contributed by atoms with Crippen LogP contribution < -0.4 is 5.56 Å². The third-order valence-corrected chi connectivity index (χ3v) is 4.43. The number of nitrogens with zero attached hydrogens (tertiary/aromatic N) is 2. The maximum absolute atomic E-state index is 12.5. The molecule has 0 aromatic carbocycles. The number of aromatic nitrogens is 2. The van der Waals surface area contributed by atoms with Gasteiger partial charge in [-0.2, -0.15) is 0 Å². The van der Waals surface area contributed by atoms with Crippen LogP contribution in [0.25, 0.3) is 0 Å². The number of ether oxygens (including phenoxy) is 1. The number of unbranched alkanes of at least 4 members (excludes halogenated alkanes) is 7. The van der Waals surface area contributed by atoms with Crippen molar-refractivity contribution < 1.29 is 20.1 Å². The normalized spacial score (nSPS) is 12.7. The van der Waals surface area contributed by atoms with E-state index in [1.54, 1.807) is 0 Å². The van der Waals surface area contributed by atoms with Crippen molar-refractivity contribution in [2.75, 3.05) is 19.8 Å². The molecule has 0 amide bonds. The van der Waals surface area contributed by atoms with Gasteiger partial charge in [-0.15, -0.1) is 0 Å². The molecule has 1 heterocycles. The fourth-order valence-corrected chi connectivity index (χ4v) is 2.85. The van der Waals surface area contributed by atoms with E-state index in [9.17, 15) is 9.90 Å². The zero-order chi connectivity index (χ0) is 19.2. The Morgan fingerprint density at radius 3 is 2.19 bits per heavy atom. The van der Waals surface area contributed by atoms with Crippen LogP contribution in [0.2, 0.25) is 0 Å². The molecule has 7 nitrogen and oxygen atoms in total. The fourth-order valence-electron chi connectivity index (χ4n) is 2.85. The topological polar surface area (TPSA) is 105 Å². The first-order valence-corrected chi connectivity index (χ1v) is 9.71. The van der Waals surface area contributed by atoms with Crippen molar-refractivity contribution in [3.05, 3.63) is 28.4 Å². The predicted octanol–water partition coefficient (Wildman–Crippen LogP) is 1.79. The smallest absolute Gasteiger partial charge is 0.274 e. The van der Waals surface area contributed by atoms with E-state index in [1.165, 1.54) is 55.5 Å². The van der Waals surface area contributed by atoms with Crippen LogP contribution in [-0.2, 0) is 11.2 Å². The number of hydrogen-bond donors (Lipinski definition) is 3. The van der Waals surface area contributed by atoms with Crippen molar-refractivity contribution in [2.45, 2.75) is 77.0 Å². The van der Waals surface area contributed by atoms with Gasteiger partial charge in [0.25, 0.3) is 5.56 Å². The van der Waals surface area contributed by atoms with Gasteiger partial charge in [-0.05, 0) is 12.8 Å². The maximum atomic E-state index is 12.5. The fraction of sp³-hybridized carbons (Fsp3) is 0.789. The van der Waals surface area contributed by atoms with E-state index in [0.717, 1.165) is 12.8 Å². The Morgan fingerprint density at radius 1 is 1.00 bits per heavy atom. The minimum atomic E-state index is -0.952. The van der Waals surface area contributed by atoms with Gasteiger partial charge >= 0.3 is 0 Å². The highest BCUT2D eigenvalue weighted by Gasteiger charge is 2.18. The molecule has 7 heteroatoms. The highest BCUT2D eigenvalue weighted by atomic mass is 16.5. The van der Waals surface area contributed by atoms with E-state index in [-0.39, 0.29) is 5.56 Å². The van der Waals surface area contributed by atoms with Gasteiger partial charge in [-0.1, -0.05) is 51.9 Å². The Balaban J connectivity index is 2.53. The SMILES string of the molecule is CCCCCCCCCCc1nccn([C@@H](CO)OC(CO)CO)c1=O. The largest absolute Gasteiger partial charge is 0.394 e. The molecule has 1 rings (SSSR count). The summed E-state index contributed by atoms with van der Waals surface area (Å²) in [4.78, 5) is 16.7. The van der Waals surface area contributed by atoms with Gasteiger partial charge in [0.1, 0.15) is 11.8 Å². The number of aliphatic hydroxyl groups excluding tert-OH is 3. The van der Waals surface area contributed by atoms with Gasteiger partial charge in [0, 0.05) is 12.4 Å². The van der Waals surface area contributed by atoms with Gasteiger partial charge in [0.15, 0.2) is 6.23 Å². The highest BCUT2D eigenvalue weighted by Crippen LogP contribution is 2.11. The van der Waals surface area contributed by atoms with Gasteiger partial charge in [0.2, 0.25) is 0 Å². The third-order valence-electron chi connectivity index (χ3n) is 4.43. The first kappa shape index (κ1) is 22.8. The van der Waals surface area contributed by atoms with E-state index >= 15 is 0 Å². The van der Waals surface area contributed by atoms with E-state index in [1.807, 2.05) is 0 Å². The number of aryl methyl sites for hydroxylation is 1. The van der Waals surface area contributed by atoms with E-state index in [4.69, 9.17) is 14.9 Å². The van der Waals surface area contributed by atoms with Crippen LogP contribution in [0, 0.1) is 0 Å². The summed E-state index contributed by atoms with van der Waals surface area (Å²) in [6.07, 6.45) is 11.3. The lowest BCUT2D eigenvalue weighted by atomic mass is 10.1. The summed E-state index contributed by atoms with van der Waals surface area (Å²) in [6, 6.07) is 0. The van der Waals surface area contributed by atoms with Crippen LogP contribution >= 0.6 is 0 Å². The predicted molar refractivity (Wildman–Crippen MR) is 100.0 cm³/mol. The lowest BCUT2D eigenvalue weighted by Crippen LogP contribution is -2.35. The van der Waals surface area contributed by atoms with Crippen LogP contribution in [0.15, 0.2) is 17.2 Å². The molecule has 0 bridgehead atoms. The number of rotatable bonds is 15. The molecule has 150 valence electrons. The zero-order valence-corrected chi connectivity index (χ0v) is 15.8. The molecule has 0 saturated heterocycles. The Hall–Kier alpha value is -1.28. The Morgan fingerprint density at radius 2 is 1.62 bits per heavy atom. The summed E-state index contributed by atoms with van der Waals surface area (Å²) in [5.74, 6) is 0. The molecule has 1 aromatic heterocycles. The summed E-state index contributed by atoms with van der Waals surface area (Å²) in [5, 5.41) is 27.7. The Labute approximate surface area is 155 Å². The molecule has 0 aliphatic carbocycles. The molecule has 1 atom stereocenters. The van der Waals surface area contributed by atoms with Crippen molar-refractivity contribution in [1.29, 1.82) is 0 Å². The van der Waals surface area contributed by atoms with Crippen LogP contribution in [0.3, 0.4) is 0 Å². The van der Waals surface area contributed by atoms with Crippen molar-refractivity contribution in [3.63, 3.8) is 0 Å². The zero-order valence-electron chi connectivity index (χ0n) is 15.8. The molecule has 0 radical (unpaired) electrons. The van der Waals surface area contributed by atoms with E-state index < -0.39 is 32.2 Å². The lowest BCUT2D eigenvalue weighted by Gasteiger charge is -2.22. The molecule has 0 spiro atoms. The summed E-state index contributed by atoms with van der Waals surface area (Å²) in [5.41, 5.74) is 0.147. The Kier molecular flexibility index (Phi) is 12.1. The summed E-state index contributed by atoms with van der Waals surface area (Å²) < 4.78 is 6.66. The average Bonchev–Trinajstić information content (AvgIpc) is 2.66. The van der Waals surface area contributed by atoms with Crippen LogP contribution in [0.1, 0.15) is 70.2 Å². The molecular weight excluding hydrogens is 336 g/mol. The first-order valence-electron chi connectivity index (χ1n) is 9.71. The Bertz CT molecular complexity index is 531.